The number of carbonyl (C=O) groups excluding carboxylic acids is 2. The highest BCUT2D eigenvalue weighted by molar-refractivity contribution is 5.97. The predicted octanol–water partition coefficient (Wildman–Crippen LogP) is 5.14. The van der Waals surface area contributed by atoms with Gasteiger partial charge in [-0.2, -0.15) is 0 Å². The van der Waals surface area contributed by atoms with E-state index in [1.807, 2.05) is 13.8 Å². The summed E-state index contributed by atoms with van der Waals surface area (Å²) in [6.07, 6.45) is 0.594. The highest BCUT2D eigenvalue weighted by Gasteiger charge is 2.14. The maximum atomic E-state index is 13.9. The van der Waals surface area contributed by atoms with E-state index < -0.39 is 0 Å². The molecule has 0 spiro atoms. The van der Waals surface area contributed by atoms with Crippen LogP contribution in [0.5, 0.6) is 0 Å². The van der Waals surface area contributed by atoms with Crippen LogP contribution in [0.2, 0.25) is 0 Å². The van der Waals surface area contributed by atoms with Crippen molar-refractivity contribution in [3.8, 4) is 11.3 Å². The molecule has 0 atom stereocenters. The molecule has 156 valence electrons. The molecule has 0 saturated carbocycles. The fourth-order valence-corrected chi connectivity index (χ4v) is 3.20. The number of furan rings is 1. The minimum Gasteiger partial charge on any atom is -0.461 e. The standard InChI is InChI=1S/C24H25FN2O3/c1-3-27(4-2)24(29)17-8-7-9-18(16-17)26-23(28)15-13-19-12-14-22(30-19)20-10-5-6-11-21(20)25/h5-12,14,16H,3-4,13,15H2,1-2H3,(H,26,28). The van der Waals surface area contributed by atoms with Crippen molar-refractivity contribution in [2.45, 2.75) is 26.7 Å². The third-order valence-electron chi connectivity index (χ3n) is 4.84. The lowest BCUT2D eigenvalue weighted by atomic mass is 10.1. The van der Waals surface area contributed by atoms with Crippen LogP contribution in [0, 0.1) is 5.82 Å². The molecule has 1 N–H and O–H groups in total. The molecule has 30 heavy (non-hydrogen) atoms. The normalized spacial score (nSPS) is 10.6. The number of hydrogen-bond donors (Lipinski definition) is 1. The van der Waals surface area contributed by atoms with E-state index in [1.54, 1.807) is 59.5 Å². The zero-order chi connectivity index (χ0) is 21.5. The zero-order valence-electron chi connectivity index (χ0n) is 17.2. The Balaban J connectivity index is 1.59. The summed E-state index contributed by atoms with van der Waals surface area (Å²) < 4.78 is 19.6. The molecule has 0 saturated heterocycles. The van der Waals surface area contributed by atoms with E-state index in [4.69, 9.17) is 4.42 Å². The van der Waals surface area contributed by atoms with Gasteiger partial charge in [0.25, 0.3) is 5.91 Å². The van der Waals surface area contributed by atoms with Crippen molar-refractivity contribution < 1.29 is 18.4 Å². The summed E-state index contributed by atoms with van der Waals surface area (Å²) in [4.78, 5) is 26.5. The first kappa shape index (κ1) is 21.3. The van der Waals surface area contributed by atoms with Crippen molar-refractivity contribution in [3.05, 3.63) is 77.8 Å². The molecule has 6 heteroatoms. The second kappa shape index (κ2) is 9.87. The lowest BCUT2D eigenvalue weighted by molar-refractivity contribution is -0.116. The smallest absolute Gasteiger partial charge is 0.253 e. The topological polar surface area (TPSA) is 62.6 Å². The molecule has 2 aromatic carbocycles. The van der Waals surface area contributed by atoms with Crippen LogP contribution < -0.4 is 5.32 Å². The Morgan fingerprint density at radius 3 is 2.50 bits per heavy atom. The molecule has 5 nitrogen and oxygen atoms in total. The monoisotopic (exact) mass is 408 g/mol. The Labute approximate surface area is 175 Å². The number of nitrogens with one attached hydrogen (secondary N) is 1. The number of aryl methyl sites for hydroxylation is 1. The first-order valence-corrected chi connectivity index (χ1v) is 10.0. The minimum atomic E-state index is -0.352. The third-order valence-corrected chi connectivity index (χ3v) is 4.84. The summed E-state index contributed by atoms with van der Waals surface area (Å²) in [6.45, 7) is 5.12. The van der Waals surface area contributed by atoms with E-state index >= 15 is 0 Å². The van der Waals surface area contributed by atoms with Crippen LogP contribution in [0.1, 0.15) is 36.4 Å². The van der Waals surface area contributed by atoms with E-state index in [-0.39, 0.29) is 24.1 Å². The maximum Gasteiger partial charge on any atom is 0.253 e. The van der Waals surface area contributed by atoms with Crippen LogP contribution in [0.3, 0.4) is 0 Å². The fraction of sp³-hybridized carbons (Fsp3) is 0.250. The molecule has 3 rings (SSSR count). The number of rotatable bonds is 8. The second-order valence-corrected chi connectivity index (χ2v) is 6.85. The quantitative estimate of drug-likeness (QED) is 0.561. The van der Waals surface area contributed by atoms with Gasteiger partial charge < -0.3 is 14.6 Å². The first-order valence-electron chi connectivity index (χ1n) is 10.0. The molecule has 0 fully saturated rings. The van der Waals surface area contributed by atoms with Gasteiger partial charge in [-0.05, 0) is 56.3 Å². The Morgan fingerprint density at radius 1 is 1.00 bits per heavy atom. The van der Waals surface area contributed by atoms with E-state index in [0.717, 1.165) is 0 Å². The van der Waals surface area contributed by atoms with Gasteiger partial charge in [-0.1, -0.05) is 18.2 Å². The molecule has 0 unspecified atom stereocenters. The van der Waals surface area contributed by atoms with Crippen LogP contribution in [0.4, 0.5) is 10.1 Å². The SMILES string of the molecule is CCN(CC)C(=O)c1cccc(NC(=O)CCc2ccc(-c3ccccc3F)o2)c1. The van der Waals surface area contributed by atoms with Crippen molar-refractivity contribution in [2.75, 3.05) is 18.4 Å². The number of anilines is 1. The van der Waals surface area contributed by atoms with Crippen molar-refractivity contribution in [2.24, 2.45) is 0 Å². The Hall–Kier alpha value is -3.41. The first-order chi connectivity index (χ1) is 14.5. The fourth-order valence-electron chi connectivity index (χ4n) is 3.20. The summed E-state index contributed by atoms with van der Waals surface area (Å²) in [5.74, 6) is 0.439. The van der Waals surface area contributed by atoms with Crippen LogP contribution in [-0.4, -0.2) is 29.8 Å². The van der Waals surface area contributed by atoms with Gasteiger partial charge in [0.2, 0.25) is 5.91 Å². The van der Waals surface area contributed by atoms with Crippen molar-refractivity contribution in [3.63, 3.8) is 0 Å². The average Bonchev–Trinajstić information content (AvgIpc) is 3.22. The van der Waals surface area contributed by atoms with E-state index in [1.165, 1.54) is 6.07 Å². The molecule has 1 heterocycles. The molecule has 3 aromatic rings. The zero-order valence-corrected chi connectivity index (χ0v) is 17.2. The van der Waals surface area contributed by atoms with Gasteiger partial charge in [-0.3, -0.25) is 9.59 Å². The molecule has 0 aliphatic heterocycles. The second-order valence-electron chi connectivity index (χ2n) is 6.85. The van der Waals surface area contributed by atoms with Crippen LogP contribution in [-0.2, 0) is 11.2 Å². The molecule has 0 aliphatic carbocycles. The lowest BCUT2D eigenvalue weighted by Crippen LogP contribution is -2.30. The number of benzene rings is 2. The maximum absolute atomic E-state index is 13.9. The van der Waals surface area contributed by atoms with Crippen LogP contribution >= 0.6 is 0 Å². The summed E-state index contributed by atoms with van der Waals surface area (Å²) in [6, 6.07) is 16.8. The highest BCUT2D eigenvalue weighted by Crippen LogP contribution is 2.25. The van der Waals surface area contributed by atoms with Crippen LogP contribution in [0.25, 0.3) is 11.3 Å². The predicted molar refractivity (Wildman–Crippen MR) is 115 cm³/mol. The van der Waals surface area contributed by atoms with Gasteiger partial charge in [0.1, 0.15) is 17.3 Å². The van der Waals surface area contributed by atoms with Gasteiger partial charge >= 0.3 is 0 Å². The Bertz CT molecular complexity index is 1020. The van der Waals surface area contributed by atoms with E-state index in [0.29, 0.717) is 47.8 Å². The average molecular weight is 408 g/mol. The van der Waals surface area contributed by atoms with Gasteiger partial charge in [0, 0.05) is 37.2 Å². The summed E-state index contributed by atoms with van der Waals surface area (Å²) in [5, 5.41) is 2.82. The van der Waals surface area contributed by atoms with Gasteiger partial charge in [0.15, 0.2) is 0 Å². The number of carbonyl (C=O) groups is 2. The van der Waals surface area contributed by atoms with Gasteiger partial charge in [0.05, 0.1) is 5.56 Å². The van der Waals surface area contributed by atoms with E-state index in [9.17, 15) is 14.0 Å². The molecule has 0 bridgehead atoms. The molecule has 0 aliphatic rings. The highest BCUT2D eigenvalue weighted by atomic mass is 19.1. The third kappa shape index (κ3) is 5.14. The number of nitrogens with zero attached hydrogens (tertiary/aromatic N) is 1. The number of halogens is 1. The summed E-state index contributed by atoms with van der Waals surface area (Å²) in [5.41, 5.74) is 1.50. The Kier molecular flexibility index (Phi) is 7.01. The number of amides is 2. The molecule has 1 aromatic heterocycles. The lowest BCUT2D eigenvalue weighted by Gasteiger charge is -2.19. The van der Waals surface area contributed by atoms with Crippen molar-refractivity contribution in [1.82, 2.24) is 4.90 Å². The summed E-state index contributed by atoms with van der Waals surface area (Å²) >= 11 is 0. The molecule has 0 radical (unpaired) electrons. The largest absolute Gasteiger partial charge is 0.461 e. The minimum absolute atomic E-state index is 0.0626. The summed E-state index contributed by atoms with van der Waals surface area (Å²) in [7, 11) is 0. The molecular weight excluding hydrogens is 383 g/mol. The molecular formula is C24H25FN2O3. The van der Waals surface area contributed by atoms with Crippen molar-refractivity contribution in [1.29, 1.82) is 0 Å². The van der Waals surface area contributed by atoms with Crippen LogP contribution in [0.15, 0.2) is 65.1 Å². The number of hydrogen-bond acceptors (Lipinski definition) is 3. The molecule has 2 amide bonds. The van der Waals surface area contributed by atoms with Crippen molar-refractivity contribution >= 4 is 17.5 Å². The Morgan fingerprint density at radius 2 is 1.77 bits per heavy atom. The van der Waals surface area contributed by atoms with E-state index in [2.05, 4.69) is 5.32 Å². The van der Waals surface area contributed by atoms with Gasteiger partial charge in [-0.25, -0.2) is 4.39 Å². The van der Waals surface area contributed by atoms with Gasteiger partial charge in [-0.15, -0.1) is 0 Å².